The lowest BCUT2D eigenvalue weighted by molar-refractivity contribution is 1.41. The van der Waals surface area contributed by atoms with Crippen LogP contribution < -0.4 is 0 Å². The number of hydrogen-bond acceptors (Lipinski definition) is 0. The van der Waals surface area contributed by atoms with Crippen molar-refractivity contribution in [1.82, 2.24) is 0 Å². The summed E-state index contributed by atoms with van der Waals surface area (Å²) in [7, 11) is 0. The first-order chi connectivity index (χ1) is 6.74. The average molecular weight is 249 g/mol. The second kappa shape index (κ2) is 5.64. The monoisotopic (exact) mass is 248 g/mol. The van der Waals surface area contributed by atoms with Crippen molar-refractivity contribution in [2.45, 2.75) is 13.3 Å². The fourth-order valence-corrected chi connectivity index (χ4v) is 1.34. The molecule has 0 saturated carbocycles. The van der Waals surface area contributed by atoms with Crippen LogP contribution in [0.15, 0.2) is 53.2 Å². The molecule has 0 bridgehead atoms. The number of allylic oxidation sites excluding steroid dienone is 2. The Morgan fingerprint density at radius 2 is 2.07 bits per heavy atom. The molecule has 0 unspecified atom stereocenters. The summed E-state index contributed by atoms with van der Waals surface area (Å²) in [4.78, 5) is 0. The minimum absolute atomic E-state index is 0.869. The molecule has 1 aromatic carbocycles. The Bertz CT molecular complexity index is 365. The molecular formula is C13H13Br. The van der Waals surface area contributed by atoms with E-state index in [9.17, 15) is 0 Å². The zero-order valence-electron chi connectivity index (χ0n) is 8.26. The van der Waals surface area contributed by atoms with Gasteiger partial charge < -0.3 is 0 Å². The van der Waals surface area contributed by atoms with Crippen molar-refractivity contribution in [3.05, 3.63) is 58.8 Å². The van der Waals surface area contributed by atoms with Gasteiger partial charge in [0.05, 0.1) is 0 Å². The second-order valence-corrected chi connectivity index (χ2v) is 3.92. The van der Waals surface area contributed by atoms with Gasteiger partial charge in [-0.3, -0.25) is 0 Å². The van der Waals surface area contributed by atoms with Crippen molar-refractivity contribution in [3.8, 4) is 0 Å². The first kappa shape index (κ1) is 11.0. The Morgan fingerprint density at radius 3 is 2.64 bits per heavy atom. The number of benzene rings is 1. The van der Waals surface area contributed by atoms with E-state index in [1.54, 1.807) is 0 Å². The quantitative estimate of drug-likeness (QED) is 0.543. The fourth-order valence-electron chi connectivity index (χ4n) is 1.08. The zero-order chi connectivity index (χ0) is 10.4. The van der Waals surface area contributed by atoms with Crippen LogP contribution in [0.5, 0.6) is 0 Å². The SMILES string of the molecule is C=CCC=C=C(C)c1ccc(Br)cc1. The lowest BCUT2D eigenvalue weighted by Crippen LogP contribution is -1.76. The third kappa shape index (κ3) is 3.37. The highest BCUT2D eigenvalue weighted by Gasteiger charge is 1.92. The molecule has 0 amide bonds. The molecule has 0 radical (unpaired) electrons. The fraction of sp³-hybridized carbons (Fsp3) is 0.154. The van der Waals surface area contributed by atoms with Crippen molar-refractivity contribution >= 4 is 21.5 Å². The van der Waals surface area contributed by atoms with Gasteiger partial charge in [-0.1, -0.05) is 34.1 Å². The van der Waals surface area contributed by atoms with Gasteiger partial charge in [-0.25, -0.2) is 0 Å². The van der Waals surface area contributed by atoms with Gasteiger partial charge in [0.1, 0.15) is 0 Å². The predicted octanol–water partition coefficient (Wildman–Crippen LogP) is 4.58. The van der Waals surface area contributed by atoms with E-state index in [-0.39, 0.29) is 0 Å². The van der Waals surface area contributed by atoms with E-state index >= 15 is 0 Å². The Hall–Kier alpha value is -1.04. The molecule has 14 heavy (non-hydrogen) atoms. The van der Waals surface area contributed by atoms with Crippen LogP contribution in [0.4, 0.5) is 0 Å². The van der Waals surface area contributed by atoms with Crippen LogP contribution >= 0.6 is 15.9 Å². The largest absolute Gasteiger partial charge is 0.121 e. The lowest BCUT2D eigenvalue weighted by Gasteiger charge is -1.97. The Morgan fingerprint density at radius 1 is 1.43 bits per heavy atom. The van der Waals surface area contributed by atoms with Crippen LogP contribution in [0.2, 0.25) is 0 Å². The van der Waals surface area contributed by atoms with Crippen LogP contribution in [0.3, 0.4) is 0 Å². The molecule has 1 heteroatoms. The van der Waals surface area contributed by atoms with Crippen molar-refractivity contribution in [1.29, 1.82) is 0 Å². The summed E-state index contributed by atoms with van der Waals surface area (Å²) in [6, 6.07) is 8.23. The molecule has 0 atom stereocenters. The van der Waals surface area contributed by atoms with Gasteiger partial charge in [0, 0.05) is 4.47 Å². The normalized spacial score (nSPS) is 9.00. The third-order valence-electron chi connectivity index (χ3n) is 1.88. The highest BCUT2D eigenvalue weighted by Crippen LogP contribution is 2.16. The van der Waals surface area contributed by atoms with Gasteiger partial charge in [0.25, 0.3) is 0 Å². The summed E-state index contributed by atoms with van der Waals surface area (Å²) in [5.74, 6) is 0. The number of rotatable bonds is 3. The molecule has 0 aromatic heterocycles. The Kier molecular flexibility index (Phi) is 4.45. The van der Waals surface area contributed by atoms with Crippen LogP contribution in [-0.2, 0) is 0 Å². The standard InChI is InChI=1S/C13H13Br/c1-3-4-5-6-11(2)12-7-9-13(14)10-8-12/h3,5,7-10H,1,4H2,2H3. The van der Waals surface area contributed by atoms with Crippen LogP contribution in [-0.4, -0.2) is 0 Å². The highest BCUT2D eigenvalue weighted by molar-refractivity contribution is 9.10. The predicted molar refractivity (Wildman–Crippen MR) is 66.1 cm³/mol. The van der Waals surface area contributed by atoms with E-state index < -0.39 is 0 Å². The lowest BCUT2D eigenvalue weighted by atomic mass is 10.1. The molecule has 0 aliphatic heterocycles. The molecular weight excluding hydrogens is 236 g/mol. The maximum absolute atomic E-state index is 3.66. The van der Waals surface area contributed by atoms with Crippen molar-refractivity contribution in [3.63, 3.8) is 0 Å². The number of halogens is 1. The Labute approximate surface area is 93.8 Å². The molecule has 72 valence electrons. The smallest absolute Gasteiger partial charge is 0.0175 e. The van der Waals surface area contributed by atoms with Crippen molar-refractivity contribution < 1.29 is 0 Å². The maximum atomic E-state index is 3.66. The summed E-state index contributed by atoms with van der Waals surface area (Å²) >= 11 is 3.41. The second-order valence-electron chi connectivity index (χ2n) is 3.00. The van der Waals surface area contributed by atoms with E-state index in [0.717, 1.165) is 16.5 Å². The van der Waals surface area contributed by atoms with Crippen LogP contribution in [0.1, 0.15) is 18.9 Å². The van der Waals surface area contributed by atoms with Gasteiger partial charge in [-0.15, -0.1) is 12.3 Å². The first-order valence-electron chi connectivity index (χ1n) is 4.52. The third-order valence-corrected chi connectivity index (χ3v) is 2.41. The Balaban J connectivity index is 2.88. The van der Waals surface area contributed by atoms with E-state index in [0.29, 0.717) is 0 Å². The maximum Gasteiger partial charge on any atom is 0.0175 e. The number of hydrogen-bond donors (Lipinski definition) is 0. The molecule has 0 heterocycles. The molecule has 0 aliphatic rings. The van der Waals surface area contributed by atoms with Gasteiger partial charge in [0.15, 0.2) is 0 Å². The van der Waals surface area contributed by atoms with E-state index in [1.807, 2.05) is 24.3 Å². The summed E-state index contributed by atoms with van der Waals surface area (Å²) in [6.45, 7) is 5.71. The van der Waals surface area contributed by atoms with Gasteiger partial charge in [-0.05, 0) is 42.7 Å². The minimum Gasteiger partial charge on any atom is -0.121 e. The van der Waals surface area contributed by atoms with Crippen molar-refractivity contribution in [2.75, 3.05) is 0 Å². The summed E-state index contributed by atoms with van der Waals surface area (Å²) in [6.07, 6.45) is 4.72. The highest BCUT2D eigenvalue weighted by atomic mass is 79.9. The van der Waals surface area contributed by atoms with Crippen LogP contribution in [0.25, 0.3) is 5.57 Å². The average Bonchev–Trinajstić information content (AvgIpc) is 2.19. The molecule has 0 spiro atoms. The summed E-state index contributed by atoms with van der Waals surface area (Å²) in [5.41, 5.74) is 5.58. The molecule has 0 aliphatic carbocycles. The zero-order valence-corrected chi connectivity index (χ0v) is 9.84. The molecule has 1 aromatic rings. The van der Waals surface area contributed by atoms with Crippen molar-refractivity contribution in [2.24, 2.45) is 0 Å². The minimum atomic E-state index is 0.869. The summed E-state index contributed by atoms with van der Waals surface area (Å²) in [5, 5.41) is 0. The molecule has 0 N–H and O–H groups in total. The van der Waals surface area contributed by atoms with E-state index in [1.165, 1.54) is 5.56 Å². The molecule has 0 saturated heterocycles. The van der Waals surface area contributed by atoms with E-state index in [4.69, 9.17) is 0 Å². The first-order valence-corrected chi connectivity index (χ1v) is 5.32. The van der Waals surface area contributed by atoms with Gasteiger partial charge in [0.2, 0.25) is 0 Å². The van der Waals surface area contributed by atoms with Gasteiger partial charge in [-0.2, -0.15) is 0 Å². The summed E-state index contributed by atoms with van der Waals surface area (Å²) < 4.78 is 1.10. The molecule has 1 rings (SSSR count). The van der Waals surface area contributed by atoms with Gasteiger partial charge >= 0.3 is 0 Å². The molecule has 0 nitrogen and oxygen atoms in total. The van der Waals surface area contributed by atoms with Crippen LogP contribution in [0, 0.1) is 0 Å². The van der Waals surface area contributed by atoms with E-state index in [2.05, 4.69) is 47.3 Å². The topological polar surface area (TPSA) is 0 Å². The molecule has 0 fully saturated rings.